The molecule has 1 aliphatic rings. The first-order valence-electron chi connectivity index (χ1n) is 13.5. The van der Waals surface area contributed by atoms with Crippen molar-refractivity contribution in [2.75, 3.05) is 31.7 Å². The largest absolute Gasteiger partial charge is 0.492 e. The Balaban J connectivity index is 1.42. The highest BCUT2D eigenvalue weighted by Gasteiger charge is 2.17. The summed E-state index contributed by atoms with van der Waals surface area (Å²) in [7, 11) is 0. The number of ketones is 1. The molecule has 3 rings (SSSR count). The monoisotopic (exact) mass is 515 g/mol. The van der Waals surface area contributed by atoms with Crippen LogP contribution in [0.25, 0.3) is 0 Å². The van der Waals surface area contributed by atoms with Gasteiger partial charge in [0.15, 0.2) is 12.1 Å². The van der Waals surface area contributed by atoms with Crippen LogP contribution in [-0.2, 0) is 22.5 Å². The van der Waals surface area contributed by atoms with Crippen LogP contribution in [0.2, 0.25) is 0 Å². The molecule has 0 radical (unpaired) electrons. The van der Waals surface area contributed by atoms with Crippen molar-refractivity contribution >= 4 is 11.5 Å². The molecular formula is C29H41NO7. The Morgan fingerprint density at radius 1 is 1.11 bits per heavy atom. The number of unbranched alkanes of at least 4 members (excludes halogenated alkanes) is 2. The third-order valence-electron chi connectivity index (χ3n) is 6.20. The van der Waals surface area contributed by atoms with Crippen LogP contribution in [0.5, 0.6) is 11.5 Å². The second kappa shape index (κ2) is 15.4. The van der Waals surface area contributed by atoms with Crippen LogP contribution in [0.4, 0.5) is 5.69 Å². The molecular weight excluding hydrogens is 474 g/mol. The molecule has 1 N–H and O–H groups in total. The Morgan fingerprint density at radius 2 is 1.92 bits per heavy atom. The fourth-order valence-corrected chi connectivity index (χ4v) is 4.30. The van der Waals surface area contributed by atoms with E-state index < -0.39 is 0 Å². The summed E-state index contributed by atoms with van der Waals surface area (Å²) < 4.78 is 28.5. The van der Waals surface area contributed by atoms with Crippen molar-refractivity contribution in [1.29, 1.82) is 0 Å². The van der Waals surface area contributed by atoms with Crippen molar-refractivity contribution in [2.24, 2.45) is 0 Å². The lowest BCUT2D eigenvalue weighted by atomic mass is 10.00. The van der Waals surface area contributed by atoms with E-state index in [9.17, 15) is 9.59 Å². The maximum atomic E-state index is 12.3. The van der Waals surface area contributed by atoms with Gasteiger partial charge in [-0.15, -0.1) is 0 Å². The van der Waals surface area contributed by atoms with Gasteiger partial charge in [0.1, 0.15) is 24.4 Å². The molecule has 0 aliphatic carbocycles. The van der Waals surface area contributed by atoms with E-state index >= 15 is 0 Å². The Labute approximate surface area is 219 Å². The molecule has 8 heteroatoms. The summed E-state index contributed by atoms with van der Waals surface area (Å²) in [5.74, 6) is 1.35. The number of carbonyl (C=O) groups is 1. The van der Waals surface area contributed by atoms with Crippen LogP contribution in [0.1, 0.15) is 87.4 Å². The van der Waals surface area contributed by atoms with E-state index in [0.717, 1.165) is 69.2 Å². The minimum absolute atomic E-state index is 0.00235. The lowest BCUT2D eigenvalue weighted by Gasteiger charge is -2.22. The summed E-state index contributed by atoms with van der Waals surface area (Å²) in [6.45, 7) is 8.37. The van der Waals surface area contributed by atoms with Crippen molar-refractivity contribution in [3.8, 4) is 11.5 Å². The van der Waals surface area contributed by atoms with Crippen LogP contribution < -0.4 is 20.2 Å². The third kappa shape index (κ3) is 8.90. The van der Waals surface area contributed by atoms with Gasteiger partial charge in [-0.2, -0.15) is 0 Å². The molecule has 1 aliphatic heterocycles. The number of anilines is 1. The summed E-state index contributed by atoms with van der Waals surface area (Å²) >= 11 is 0. The molecule has 1 aromatic heterocycles. The highest BCUT2D eigenvalue weighted by molar-refractivity contribution is 5.98. The van der Waals surface area contributed by atoms with E-state index in [1.54, 1.807) is 6.92 Å². The van der Waals surface area contributed by atoms with Crippen molar-refractivity contribution in [3.05, 3.63) is 51.6 Å². The fraction of sp³-hybridized carbons (Fsp3) is 0.586. The summed E-state index contributed by atoms with van der Waals surface area (Å²) in [5.41, 5.74) is 2.49. The lowest BCUT2D eigenvalue weighted by molar-refractivity contribution is -0.171. The molecule has 1 fully saturated rings. The molecule has 204 valence electrons. The van der Waals surface area contributed by atoms with Gasteiger partial charge in [-0.1, -0.05) is 13.3 Å². The molecule has 0 saturated carbocycles. The van der Waals surface area contributed by atoms with E-state index in [4.69, 9.17) is 23.4 Å². The third-order valence-corrected chi connectivity index (χ3v) is 6.20. The molecule has 0 spiro atoms. The van der Waals surface area contributed by atoms with E-state index in [0.29, 0.717) is 36.9 Å². The summed E-state index contributed by atoms with van der Waals surface area (Å²) in [6, 6.07) is 5.22. The smallest absolute Gasteiger partial charge is 0.227 e. The van der Waals surface area contributed by atoms with Gasteiger partial charge in [0, 0.05) is 30.5 Å². The predicted octanol–water partition coefficient (Wildman–Crippen LogP) is 5.90. The zero-order valence-corrected chi connectivity index (χ0v) is 22.4. The number of hydrogen-bond donors (Lipinski definition) is 1. The normalized spacial score (nSPS) is 15.4. The van der Waals surface area contributed by atoms with Gasteiger partial charge >= 0.3 is 0 Å². The van der Waals surface area contributed by atoms with Crippen LogP contribution >= 0.6 is 0 Å². The van der Waals surface area contributed by atoms with E-state index in [-0.39, 0.29) is 29.9 Å². The van der Waals surface area contributed by atoms with Gasteiger partial charge in [-0.3, -0.25) is 9.59 Å². The number of benzene rings is 1. The fourth-order valence-electron chi connectivity index (χ4n) is 4.30. The molecule has 8 nitrogen and oxygen atoms in total. The van der Waals surface area contributed by atoms with E-state index in [2.05, 4.69) is 19.2 Å². The lowest BCUT2D eigenvalue weighted by Crippen LogP contribution is -2.22. The van der Waals surface area contributed by atoms with Gasteiger partial charge in [-0.25, -0.2) is 0 Å². The summed E-state index contributed by atoms with van der Waals surface area (Å²) in [5, 5.41) is 3.38. The topological polar surface area (TPSA) is 96.2 Å². The molecule has 0 bridgehead atoms. The van der Waals surface area contributed by atoms with Gasteiger partial charge < -0.3 is 28.7 Å². The van der Waals surface area contributed by atoms with Crippen LogP contribution in [0.15, 0.2) is 33.7 Å². The van der Waals surface area contributed by atoms with Crippen molar-refractivity contribution in [1.82, 2.24) is 0 Å². The van der Waals surface area contributed by atoms with Gasteiger partial charge in [0.2, 0.25) is 11.2 Å². The van der Waals surface area contributed by atoms with E-state index in [1.165, 1.54) is 12.3 Å². The second-order valence-electron chi connectivity index (χ2n) is 9.24. The molecule has 1 atom stereocenters. The minimum atomic E-state index is -0.233. The SMILES string of the molecule is CCCc1c(NCC)ccc(C(C)=O)c1OCCCCCOc1coc(COC2CCCCO2)cc1=O. The number of ether oxygens (including phenoxy) is 4. The summed E-state index contributed by atoms with van der Waals surface area (Å²) in [6.07, 6.45) is 8.36. The maximum absolute atomic E-state index is 12.3. The first kappa shape index (κ1) is 28.7. The Hall–Kier alpha value is -2.84. The second-order valence-corrected chi connectivity index (χ2v) is 9.24. The molecule has 0 amide bonds. The van der Waals surface area contributed by atoms with Crippen LogP contribution in [0.3, 0.4) is 0 Å². The molecule has 1 aromatic carbocycles. The molecule has 2 heterocycles. The summed E-state index contributed by atoms with van der Waals surface area (Å²) in [4.78, 5) is 24.5. The zero-order chi connectivity index (χ0) is 26.5. The van der Waals surface area contributed by atoms with E-state index in [1.807, 2.05) is 12.1 Å². The van der Waals surface area contributed by atoms with Gasteiger partial charge in [0.05, 0.1) is 18.8 Å². The number of nitrogens with one attached hydrogen (secondary N) is 1. The van der Waals surface area contributed by atoms with Crippen LogP contribution in [-0.4, -0.2) is 38.4 Å². The number of Topliss-reactive ketones (excluding diaryl/α,β-unsaturated/α-hetero) is 1. The minimum Gasteiger partial charge on any atom is -0.492 e. The Kier molecular flexibility index (Phi) is 12.0. The Morgan fingerprint density at radius 3 is 2.59 bits per heavy atom. The molecule has 2 aromatic rings. The quantitative estimate of drug-likeness (QED) is 0.218. The molecule has 37 heavy (non-hydrogen) atoms. The highest BCUT2D eigenvalue weighted by atomic mass is 16.7. The zero-order valence-electron chi connectivity index (χ0n) is 22.4. The number of rotatable bonds is 16. The number of hydrogen-bond acceptors (Lipinski definition) is 8. The predicted molar refractivity (Wildman–Crippen MR) is 143 cm³/mol. The first-order chi connectivity index (χ1) is 18.0. The average molecular weight is 516 g/mol. The standard InChI is InChI=1S/C29H41NO7/c1-4-11-24-25(30-5-2)14-13-23(21(3)31)29(24)35-17-9-6-8-15-33-27-20-36-22(18-26(27)32)19-37-28-12-7-10-16-34-28/h13-14,18,20,28,30H,4-12,15-17,19H2,1-3H3. The van der Waals surface area contributed by atoms with Crippen LogP contribution in [0, 0.1) is 0 Å². The van der Waals surface area contributed by atoms with Crippen molar-refractivity contribution < 1.29 is 28.2 Å². The van der Waals surface area contributed by atoms with Gasteiger partial charge in [0.25, 0.3) is 0 Å². The Bertz CT molecular complexity index is 1040. The average Bonchev–Trinajstić information content (AvgIpc) is 2.90. The highest BCUT2D eigenvalue weighted by Crippen LogP contribution is 2.33. The number of carbonyl (C=O) groups excluding carboxylic acids is 1. The van der Waals surface area contributed by atoms with Gasteiger partial charge in [-0.05, 0) is 70.9 Å². The first-order valence-corrected chi connectivity index (χ1v) is 13.5. The van der Waals surface area contributed by atoms with Crippen molar-refractivity contribution in [2.45, 2.75) is 85.0 Å². The molecule has 1 unspecified atom stereocenters. The van der Waals surface area contributed by atoms with Crippen molar-refractivity contribution in [3.63, 3.8) is 0 Å². The molecule has 1 saturated heterocycles. The maximum Gasteiger partial charge on any atom is 0.227 e.